The van der Waals surface area contributed by atoms with Crippen LogP contribution in [0.3, 0.4) is 0 Å². The van der Waals surface area contributed by atoms with E-state index in [4.69, 9.17) is 4.74 Å². The van der Waals surface area contributed by atoms with Crippen LogP contribution in [0.2, 0.25) is 0 Å². The van der Waals surface area contributed by atoms with E-state index in [1.807, 2.05) is 4.90 Å². The van der Waals surface area contributed by atoms with Crippen molar-refractivity contribution in [3.63, 3.8) is 0 Å². The highest BCUT2D eigenvalue weighted by molar-refractivity contribution is 5.39. The number of morpholine rings is 1. The molecular formula is C8H11N3O3. The van der Waals surface area contributed by atoms with E-state index >= 15 is 0 Å². The third-order valence-corrected chi connectivity index (χ3v) is 2.22. The van der Waals surface area contributed by atoms with E-state index in [9.17, 15) is 10.1 Å². The van der Waals surface area contributed by atoms with Gasteiger partial charge in [-0.05, 0) is 12.1 Å². The lowest BCUT2D eigenvalue weighted by atomic mass is 10.4. The van der Waals surface area contributed by atoms with Gasteiger partial charge in [-0.1, -0.05) is 4.68 Å². The van der Waals surface area contributed by atoms with Crippen LogP contribution in [0.25, 0.3) is 0 Å². The lowest BCUT2D eigenvalue weighted by Crippen LogP contribution is -2.38. The normalized spacial score (nSPS) is 17.0. The van der Waals surface area contributed by atoms with Gasteiger partial charge in [-0.3, -0.25) is 0 Å². The van der Waals surface area contributed by atoms with E-state index in [1.54, 1.807) is 12.1 Å². The molecule has 0 aromatic carbocycles. The van der Waals surface area contributed by atoms with Gasteiger partial charge in [0.05, 0.1) is 19.4 Å². The molecular weight excluding hydrogens is 186 g/mol. The summed E-state index contributed by atoms with van der Waals surface area (Å²) >= 11 is 0. The Morgan fingerprint density at radius 2 is 2.14 bits per heavy atom. The van der Waals surface area contributed by atoms with Crippen LogP contribution in [0, 0.1) is 10.1 Å². The monoisotopic (exact) mass is 197 g/mol. The lowest BCUT2D eigenvalue weighted by molar-refractivity contribution is -0.540. The van der Waals surface area contributed by atoms with E-state index in [2.05, 4.69) is 0 Å². The molecule has 0 radical (unpaired) electrons. The van der Waals surface area contributed by atoms with E-state index < -0.39 is 5.03 Å². The van der Waals surface area contributed by atoms with Crippen LogP contribution in [0.5, 0.6) is 0 Å². The lowest BCUT2D eigenvalue weighted by Gasteiger charge is -2.27. The second-order valence-corrected chi connectivity index (χ2v) is 3.05. The Kier molecular flexibility index (Phi) is 2.36. The molecule has 0 aliphatic carbocycles. The molecule has 0 spiro atoms. The summed E-state index contributed by atoms with van der Waals surface area (Å²) in [6.45, 7) is 2.67. The van der Waals surface area contributed by atoms with Crippen LogP contribution in [-0.2, 0) is 4.74 Å². The van der Waals surface area contributed by atoms with Gasteiger partial charge in [-0.15, -0.1) is 0 Å². The number of hydrogen-bond donors (Lipinski definition) is 0. The summed E-state index contributed by atoms with van der Waals surface area (Å²) in [5.74, 6) is 0.623. The number of aromatic nitrogens is 1. The maximum atomic E-state index is 10.6. The molecule has 1 saturated heterocycles. The van der Waals surface area contributed by atoms with Crippen molar-refractivity contribution >= 4 is 5.82 Å². The van der Waals surface area contributed by atoms with Crippen molar-refractivity contribution in [3.8, 4) is 0 Å². The predicted octanol–water partition coefficient (Wildman–Crippen LogP) is 0.364. The van der Waals surface area contributed by atoms with Crippen LogP contribution in [0.1, 0.15) is 0 Å². The number of rotatable bonds is 2. The molecule has 0 saturated carbocycles. The van der Waals surface area contributed by atoms with Gasteiger partial charge in [0.2, 0.25) is 0 Å². The molecule has 0 N–H and O–H groups in total. The van der Waals surface area contributed by atoms with E-state index in [0.717, 1.165) is 4.68 Å². The van der Waals surface area contributed by atoms with Crippen molar-refractivity contribution in [3.05, 3.63) is 28.4 Å². The first-order valence-electron chi connectivity index (χ1n) is 4.44. The van der Waals surface area contributed by atoms with Crippen LogP contribution in [0.15, 0.2) is 18.3 Å². The Balaban J connectivity index is 2.21. The molecule has 0 atom stereocenters. The number of nitro groups is 1. The van der Waals surface area contributed by atoms with Crippen molar-refractivity contribution in [1.29, 1.82) is 0 Å². The van der Waals surface area contributed by atoms with Gasteiger partial charge in [0.25, 0.3) is 0 Å². The van der Waals surface area contributed by atoms with Gasteiger partial charge in [-0.2, -0.15) is 0 Å². The van der Waals surface area contributed by atoms with Gasteiger partial charge in [-0.25, -0.2) is 10.1 Å². The van der Waals surface area contributed by atoms with Gasteiger partial charge in [0, 0.05) is 13.1 Å². The van der Waals surface area contributed by atoms with Gasteiger partial charge >= 0.3 is 0 Å². The minimum Gasteiger partial charge on any atom is -0.378 e. The van der Waals surface area contributed by atoms with Crippen molar-refractivity contribution in [2.24, 2.45) is 0 Å². The smallest absolute Gasteiger partial charge is 0.176 e. The van der Waals surface area contributed by atoms with Gasteiger partial charge in [0.15, 0.2) is 10.9 Å². The minimum atomic E-state index is -0.426. The molecule has 1 aliphatic rings. The average molecular weight is 197 g/mol. The fourth-order valence-corrected chi connectivity index (χ4v) is 1.54. The largest absolute Gasteiger partial charge is 0.378 e. The van der Waals surface area contributed by atoms with E-state index in [-0.39, 0.29) is 0 Å². The first kappa shape index (κ1) is 9.01. The Labute approximate surface area is 80.8 Å². The molecule has 1 aromatic heterocycles. The predicted molar refractivity (Wildman–Crippen MR) is 49.9 cm³/mol. The third-order valence-electron chi connectivity index (χ3n) is 2.22. The van der Waals surface area contributed by atoms with E-state index in [1.165, 1.54) is 6.20 Å². The summed E-state index contributed by atoms with van der Waals surface area (Å²) in [6.07, 6.45) is 1.45. The molecule has 0 amide bonds. The molecule has 2 rings (SSSR count). The fraction of sp³-hybridized carbons (Fsp3) is 0.500. The molecule has 1 aromatic rings. The second-order valence-electron chi connectivity index (χ2n) is 3.05. The highest BCUT2D eigenvalue weighted by atomic mass is 16.7. The number of ether oxygens (including phenoxy) is 1. The summed E-state index contributed by atoms with van der Waals surface area (Å²) < 4.78 is 6.21. The second kappa shape index (κ2) is 3.67. The average Bonchev–Trinajstić information content (AvgIpc) is 2.67. The van der Waals surface area contributed by atoms with Crippen molar-refractivity contribution in [2.75, 3.05) is 31.2 Å². The Hall–Kier alpha value is -1.56. The quantitative estimate of drug-likeness (QED) is 0.507. The Morgan fingerprint density at radius 1 is 1.43 bits per heavy atom. The van der Waals surface area contributed by atoms with Crippen LogP contribution >= 0.6 is 0 Å². The zero-order valence-electron chi connectivity index (χ0n) is 7.63. The Bertz CT molecular complexity index is 330. The third kappa shape index (κ3) is 1.56. The maximum absolute atomic E-state index is 10.6. The van der Waals surface area contributed by atoms with Crippen molar-refractivity contribution < 1.29 is 9.77 Å². The summed E-state index contributed by atoms with van der Waals surface area (Å²) in [7, 11) is 0. The summed E-state index contributed by atoms with van der Waals surface area (Å²) in [5.41, 5.74) is 0. The van der Waals surface area contributed by atoms with Crippen molar-refractivity contribution in [1.82, 2.24) is 4.68 Å². The highest BCUT2D eigenvalue weighted by Crippen LogP contribution is 2.16. The molecule has 0 unspecified atom stereocenters. The summed E-state index contributed by atoms with van der Waals surface area (Å²) in [6, 6.07) is 3.42. The minimum absolute atomic E-state index is 0.426. The molecule has 1 fully saturated rings. The first-order valence-corrected chi connectivity index (χ1v) is 4.44. The molecule has 76 valence electrons. The zero-order valence-corrected chi connectivity index (χ0v) is 7.63. The van der Waals surface area contributed by atoms with Gasteiger partial charge in [0.1, 0.15) is 0 Å². The number of nitrogens with zero attached hydrogens (tertiary/aromatic N) is 3. The van der Waals surface area contributed by atoms with Crippen LogP contribution in [0.4, 0.5) is 5.82 Å². The maximum Gasteiger partial charge on any atom is 0.176 e. The molecule has 1 aliphatic heterocycles. The number of anilines is 1. The topological polar surface area (TPSA) is 60.5 Å². The number of hydrogen-bond acceptors (Lipinski definition) is 4. The highest BCUT2D eigenvalue weighted by Gasteiger charge is 2.18. The SMILES string of the molecule is O=[N+]([O-])n1cccc1N1CCOCC1. The fourth-order valence-electron chi connectivity index (χ4n) is 1.54. The molecule has 14 heavy (non-hydrogen) atoms. The van der Waals surface area contributed by atoms with E-state index in [0.29, 0.717) is 32.1 Å². The van der Waals surface area contributed by atoms with Crippen molar-refractivity contribution in [2.45, 2.75) is 0 Å². The zero-order chi connectivity index (χ0) is 9.97. The van der Waals surface area contributed by atoms with Gasteiger partial charge < -0.3 is 9.64 Å². The molecule has 6 nitrogen and oxygen atoms in total. The van der Waals surface area contributed by atoms with Crippen LogP contribution in [-0.4, -0.2) is 36.0 Å². The first-order chi connectivity index (χ1) is 6.79. The molecule has 2 heterocycles. The van der Waals surface area contributed by atoms with Crippen LogP contribution < -0.4 is 4.90 Å². The summed E-state index contributed by atoms with van der Waals surface area (Å²) in [4.78, 5) is 12.6. The summed E-state index contributed by atoms with van der Waals surface area (Å²) in [5, 5.41) is 10.2. The Morgan fingerprint density at radius 3 is 2.79 bits per heavy atom. The molecule has 6 heteroatoms. The standard InChI is InChI=1S/C8H11N3O3/c12-11(13)10-3-1-2-8(10)9-4-6-14-7-5-9/h1-3H,4-7H2. The molecule has 0 bridgehead atoms.